The van der Waals surface area contributed by atoms with Crippen LogP contribution in [0.1, 0.15) is 12.0 Å². The number of rotatable bonds is 2. The van der Waals surface area contributed by atoms with Crippen molar-refractivity contribution < 1.29 is 0 Å². The first-order chi connectivity index (χ1) is 6.74. The van der Waals surface area contributed by atoms with Crippen molar-refractivity contribution in [3.63, 3.8) is 0 Å². The van der Waals surface area contributed by atoms with Crippen molar-refractivity contribution in [2.45, 2.75) is 12.8 Å². The molecule has 0 bridgehead atoms. The van der Waals surface area contributed by atoms with Crippen LogP contribution in [0.25, 0.3) is 0 Å². The molecule has 2 nitrogen and oxygen atoms in total. The van der Waals surface area contributed by atoms with Gasteiger partial charge in [-0.05, 0) is 50.0 Å². The Bertz CT molecular complexity index is 314. The smallest absolute Gasteiger partial charge is 0.129 e. The topological polar surface area (TPSA) is 16.1 Å². The molecule has 1 aromatic heterocycles. The SMILES string of the molecule is CN1CC[C@@H](Cc2ccnc(Cl)c2)C1. The number of nitrogens with zero attached hydrogens (tertiary/aromatic N) is 2. The fraction of sp³-hybridized carbons (Fsp3) is 0.545. The molecule has 0 amide bonds. The van der Waals surface area contributed by atoms with Gasteiger partial charge in [0.25, 0.3) is 0 Å². The summed E-state index contributed by atoms with van der Waals surface area (Å²) in [5.41, 5.74) is 1.31. The molecule has 1 aromatic rings. The number of hydrogen-bond donors (Lipinski definition) is 0. The molecule has 1 aliphatic heterocycles. The van der Waals surface area contributed by atoms with Crippen molar-refractivity contribution in [3.8, 4) is 0 Å². The van der Waals surface area contributed by atoms with Crippen LogP contribution >= 0.6 is 11.6 Å². The monoisotopic (exact) mass is 210 g/mol. The Labute approximate surface area is 89.9 Å². The minimum absolute atomic E-state index is 0.605. The number of aromatic nitrogens is 1. The molecule has 1 fully saturated rings. The lowest BCUT2D eigenvalue weighted by Crippen LogP contribution is -2.14. The van der Waals surface area contributed by atoms with E-state index in [0.717, 1.165) is 12.3 Å². The van der Waals surface area contributed by atoms with E-state index in [9.17, 15) is 0 Å². The van der Waals surface area contributed by atoms with Gasteiger partial charge in [-0.2, -0.15) is 0 Å². The van der Waals surface area contributed by atoms with Crippen LogP contribution in [0.2, 0.25) is 5.15 Å². The summed E-state index contributed by atoms with van der Waals surface area (Å²) in [6.07, 6.45) is 4.22. The van der Waals surface area contributed by atoms with E-state index >= 15 is 0 Å². The van der Waals surface area contributed by atoms with E-state index in [2.05, 4.69) is 23.0 Å². The number of hydrogen-bond acceptors (Lipinski definition) is 2. The van der Waals surface area contributed by atoms with Crippen LogP contribution in [0.4, 0.5) is 0 Å². The molecular formula is C11H15ClN2. The van der Waals surface area contributed by atoms with Crippen LogP contribution in [0, 0.1) is 5.92 Å². The van der Waals surface area contributed by atoms with Gasteiger partial charge in [0, 0.05) is 12.7 Å². The number of halogens is 1. The molecular weight excluding hydrogens is 196 g/mol. The fourth-order valence-corrected chi connectivity index (χ4v) is 2.29. The summed E-state index contributed by atoms with van der Waals surface area (Å²) in [5, 5.41) is 0.605. The molecule has 2 heterocycles. The average molecular weight is 211 g/mol. The lowest BCUT2D eigenvalue weighted by molar-refractivity contribution is 0.394. The third-order valence-electron chi connectivity index (χ3n) is 2.80. The van der Waals surface area contributed by atoms with E-state index in [1.54, 1.807) is 6.20 Å². The van der Waals surface area contributed by atoms with Crippen LogP contribution in [-0.4, -0.2) is 30.0 Å². The Morgan fingerprint density at radius 1 is 1.64 bits per heavy atom. The quantitative estimate of drug-likeness (QED) is 0.696. The molecule has 0 saturated carbocycles. The molecule has 1 aliphatic rings. The van der Waals surface area contributed by atoms with Gasteiger partial charge < -0.3 is 4.90 Å². The summed E-state index contributed by atoms with van der Waals surface area (Å²) < 4.78 is 0. The molecule has 3 heteroatoms. The maximum atomic E-state index is 5.84. The third kappa shape index (κ3) is 2.46. The molecule has 0 unspecified atom stereocenters. The van der Waals surface area contributed by atoms with Crippen molar-refractivity contribution in [1.29, 1.82) is 0 Å². The summed E-state index contributed by atoms with van der Waals surface area (Å²) >= 11 is 5.84. The number of likely N-dealkylation sites (tertiary alicyclic amines) is 1. The van der Waals surface area contributed by atoms with E-state index in [1.807, 2.05) is 6.07 Å². The first-order valence-electron chi connectivity index (χ1n) is 5.03. The van der Waals surface area contributed by atoms with Gasteiger partial charge in [0.1, 0.15) is 5.15 Å². The minimum Gasteiger partial charge on any atom is -0.306 e. The van der Waals surface area contributed by atoms with Gasteiger partial charge in [0.15, 0.2) is 0 Å². The van der Waals surface area contributed by atoms with E-state index in [-0.39, 0.29) is 0 Å². The lowest BCUT2D eigenvalue weighted by atomic mass is 10.00. The molecule has 1 saturated heterocycles. The first-order valence-corrected chi connectivity index (χ1v) is 5.41. The second-order valence-electron chi connectivity index (χ2n) is 4.11. The Morgan fingerprint density at radius 2 is 2.50 bits per heavy atom. The van der Waals surface area contributed by atoms with Crippen LogP contribution in [0.15, 0.2) is 18.3 Å². The molecule has 76 valence electrons. The summed E-state index contributed by atoms with van der Waals surface area (Å²) in [4.78, 5) is 6.37. The summed E-state index contributed by atoms with van der Waals surface area (Å²) in [6, 6.07) is 4.03. The molecule has 0 aliphatic carbocycles. The Hall–Kier alpha value is -0.600. The highest BCUT2D eigenvalue weighted by molar-refractivity contribution is 6.29. The standard InChI is InChI=1S/C11H15ClN2/c1-14-5-3-10(8-14)6-9-2-4-13-11(12)7-9/h2,4,7,10H,3,5-6,8H2,1H3/t10-/m0/s1. The molecule has 2 rings (SSSR count). The van der Waals surface area contributed by atoms with Crippen LogP contribution in [0.3, 0.4) is 0 Å². The zero-order valence-corrected chi connectivity index (χ0v) is 9.17. The molecule has 0 spiro atoms. The van der Waals surface area contributed by atoms with Gasteiger partial charge >= 0.3 is 0 Å². The molecule has 0 aromatic carbocycles. The largest absolute Gasteiger partial charge is 0.306 e. The first kappa shape index (κ1) is 9.94. The predicted octanol–water partition coefficient (Wildman–Crippen LogP) is 2.23. The van der Waals surface area contributed by atoms with Gasteiger partial charge in [0.2, 0.25) is 0 Å². The zero-order chi connectivity index (χ0) is 9.97. The highest BCUT2D eigenvalue weighted by Crippen LogP contribution is 2.20. The van der Waals surface area contributed by atoms with Crippen molar-refractivity contribution >= 4 is 11.6 Å². The van der Waals surface area contributed by atoms with E-state index < -0.39 is 0 Å². The summed E-state index contributed by atoms with van der Waals surface area (Å²) in [5.74, 6) is 0.790. The van der Waals surface area contributed by atoms with Gasteiger partial charge in [-0.15, -0.1) is 0 Å². The van der Waals surface area contributed by atoms with E-state index in [4.69, 9.17) is 11.6 Å². The second kappa shape index (κ2) is 4.28. The molecule has 1 atom stereocenters. The molecule has 14 heavy (non-hydrogen) atoms. The van der Waals surface area contributed by atoms with E-state index in [1.165, 1.54) is 25.1 Å². The maximum absolute atomic E-state index is 5.84. The van der Waals surface area contributed by atoms with Gasteiger partial charge in [-0.1, -0.05) is 11.6 Å². The van der Waals surface area contributed by atoms with Crippen molar-refractivity contribution in [2.75, 3.05) is 20.1 Å². The molecule has 0 radical (unpaired) electrons. The number of pyridine rings is 1. The normalized spacial score (nSPS) is 22.9. The summed E-state index contributed by atoms with van der Waals surface area (Å²) in [6.45, 7) is 2.43. The third-order valence-corrected chi connectivity index (χ3v) is 3.01. The second-order valence-corrected chi connectivity index (χ2v) is 4.50. The maximum Gasteiger partial charge on any atom is 0.129 e. The van der Waals surface area contributed by atoms with Gasteiger partial charge in [0.05, 0.1) is 0 Å². The highest BCUT2D eigenvalue weighted by Gasteiger charge is 2.19. The van der Waals surface area contributed by atoms with Crippen molar-refractivity contribution in [1.82, 2.24) is 9.88 Å². The lowest BCUT2D eigenvalue weighted by Gasteiger charge is -2.10. The minimum atomic E-state index is 0.605. The summed E-state index contributed by atoms with van der Waals surface area (Å²) in [7, 11) is 2.18. The predicted molar refractivity (Wildman–Crippen MR) is 58.6 cm³/mol. The van der Waals surface area contributed by atoms with Gasteiger partial charge in [-0.25, -0.2) is 4.98 Å². The van der Waals surface area contributed by atoms with Crippen LogP contribution in [0.5, 0.6) is 0 Å². The Kier molecular flexibility index (Phi) is 3.04. The zero-order valence-electron chi connectivity index (χ0n) is 8.41. The Morgan fingerprint density at radius 3 is 3.14 bits per heavy atom. The highest BCUT2D eigenvalue weighted by atomic mass is 35.5. The Balaban J connectivity index is 1.97. The van der Waals surface area contributed by atoms with Gasteiger partial charge in [-0.3, -0.25) is 0 Å². The van der Waals surface area contributed by atoms with Crippen LogP contribution < -0.4 is 0 Å². The fourth-order valence-electron chi connectivity index (χ4n) is 2.10. The van der Waals surface area contributed by atoms with Crippen molar-refractivity contribution in [3.05, 3.63) is 29.0 Å². The average Bonchev–Trinajstić information content (AvgIpc) is 2.51. The van der Waals surface area contributed by atoms with E-state index in [0.29, 0.717) is 5.15 Å². The van der Waals surface area contributed by atoms with Crippen molar-refractivity contribution in [2.24, 2.45) is 5.92 Å². The molecule has 0 N–H and O–H groups in total. The van der Waals surface area contributed by atoms with Crippen LogP contribution in [-0.2, 0) is 6.42 Å².